The minimum Gasteiger partial charge on any atom is -0.321 e. The van der Waals surface area contributed by atoms with Gasteiger partial charge in [-0.2, -0.15) is 5.10 Å². The maximum Gasteiger partial charge on any atom is 0.276 e. The zero-order valence-electron chi connectivity index (χ0n) is 16.8. The highest BCUT2D eigenvalue weighted by Crippen LogP contribution is 2.29. The van der Waals surface area contributed by atoms with Crippen LogP contribution in [0.3, 0.4) is 0 Å². The SMILES string of the molecule is O=C(Nc1ccc(Cl)c(Cl)c1)c1cc(-c2ccc3ccccc3c2)n(-c2ccccc2)n1. The Morgan fingerprint density at radius 3 is 2.28 bits per heavy atom. The first-order chi connectivity index (χ1) is 15.6. The monoisotopic (exact) mass is 457 g/mol. The maximum atomic E-state index is 13.0. The molecule has 5 aromatic rings. The Kier molecular flexibility index (Phi) is 5.39. The topological polar surface area (TPSA) is 46.9 Å². The molecule has 6 heteroatoms. The second kappa shape index (κ2) is 8.50. The molecule has 156 valence electrons. The van der Waals surface area contributed by atoms with E-state index in [-0.39, 0.29) is 5.91 Å². The van der Waals surface area contributed by atoms with Crippen molar-refractivity contribution in [1.82, 2.24) is 9.78 Å². The number of amides is 1. The van der Waals surface area contributed by atoms with Crippen LogP contribution in [-0.2, 0) is 0 Å². The van der Waals surface area contributed by atoms with E-state index in [0.717, 1.165) is 27.7 Å². The third kappa shape index (κ3) is 3.98. The quantitative estimate of drug-likeness (QED) is 0.308. The maximum absolute atomic E-state index is 13.0. The molecule has 32 heavy (non-hydrogen) atoms. The van der Waals surface area contributed by atoms with Crippen molar-refractivity contribution in [2.45, 2.75) is 0 Å². The lowest BCUT2D eigenvalue weighted by Gasteiger charge is -2.08. The largest absolute Gasteiger partial charge is 0.321 e. The molecule has 0 fully saturated rings. The molecule has 1 N–H and O–H groups in total. The Hall–Kier alpha value is -3.60. The fourth-order valence-electron chi connectivity index (χ4n) is 3.58. The average molecular weight is 458 g/mol. The van der Waals surface area contributed by atoms with Gasteiger partial charge in [-0.3, -0.25) is 4.79 Å². The van der Waals surface area contributed by atoms with Gasteiger partial charge in [0, 0.05) is 11.3 Å². The van der Waals surface area contributed by atoms with Crippen molar-refractivity contribution >= 4 is 45.6 Å². The lowest BCUT2D eigenvalue weighted by atomic mass is 10.0. The normalized spacial score (nSPS) is 10.9. The van der Waals surface area contributed by atoms with Crippen molar-refractivity contribution in [3.8, 4) is 16.9 Å². The first-order valence-electron chi connectivity index (χ1n) is 9.99. The van der Waals surface area contributed by atoms with E-state index in [9.17, 15) is 4.79 Å². The summed E-state index contributed by atoms with van der Waals surface area (Å²) in [6, 6.07) is 30.9. The molecule has 1 heterocycles. The van der Waals surface area contributed by atoms with Gasteiger partial charge in [-0.05, 0) is 53.2 Å². The standard InChI is InChI=1S/C26H17Cl2N3O/c27-22-13-12-20(15-23(22)28)29-26(32)24-16-25(31(30-24)21-8-2-1-3-9-21)19-11-10-17-6-4-5-7-18(17)14-19/h1-16H,(H,29,32). The number of nitrogens with zero attached hydrogens (tertiary/aromatic N) is 2. The second-order valence-electron chi connectivity index (χ2n) is 7.31. The summed E-state index contributed by atoms with van der Waals surface area (Å²) in [4.78, 5) is 13.0. The molecule has 4 nitrogen and oxygen atoms in total. The summed E-state index contributed by atoms with van der Waals surface area (Å²) in [5, 5.41) is 10.5. The van der Waals surface area contributed by atoms with Crippen LogP contribution in [0.2, 0.25) is 10.0 Å². The number of nitrogens with one attached hydrogen (secondary N) is 1. The van der Waals surface area contributed by atoms with Gasteiger partial charge >= 0.3 is 0 Å². The van der Waals surface area contributed by atoms with Crippen LogP contribution in [0.25, 0.3) is 27.7 Å². The minimum atomic E-state index is -0.333. The third-order valence-corrected chi connectivity index (χ3v) is 5.90. The van der Waals surface area contributed by atoms with E-state index in [1.54, 1.807) is 28.9 Å². The van der Waals surface area contributed by atoms with Crippen LogP contribution in [0, 0.1) is 0 Å². The number of fused-ring (bicyclic) bond motifs is 1. The molecule has 0 unspecified atom stereocenters. The Morgan fingerprint density at radius 2 is 1.50 bits per heavy atom. The number of carbonyl (C=O) groups excluding carboxylic acids is 1. The summed E-state index contributed by atoms with van der Waals surface area (Å²) in [5.74, 6) is -0.333. The predicted molar refractivity (Wildman–Crippen MR) is 131 cm³/mol. The van der Waals surface area contributed by atoms with Crippen molar-refractivity contribution in [2.75, 3.05) is 5.32 Å². The van der Waals surface area contributed by atoms with Crippen molar-refractivity contribution in [3.05, 3.63) is 113 Å². The zero-order valence-corrected chi connectivity index (χ0v) is 18.3. The molecule has 0 saturated carbocycles. The van der Waals surface area contributed by atoms with Crippen LogP contribution in [0.4, 0.5) is 5.69 Å². The van der Waals surface area contributed by atoms with Gasteiger partial charge in [0.1, 0.15) is 0 Å². The molecule has 1 aromatic heterocycles. The number of hydrogen-bond donors (Lipinski definition) is 1. The average Bonchev–Trinajstić information content (AvgIpc) is 3.27. The van der Waals surface area contributed by atoms with Gasteiger partial charge in [0.25, 0.3) is 5.91 Å². The first kappa shape index (κ1) is 20.3. The molecule has 0 spiro atoms. The molecule has 0 aliphatic rings. The molecule has 0 saturated heterocycles. The van der Waals surface area contributed by atoms with Gasteiger partial charge in [-0.15, -0.1) is 0 Å². The van der Waals surface area contributed by atoms with E-state index in [1.165, 1.54) is 0 Å². The van der Waals surface area contributed by atoms with E-state index < -0.39 is 0 Å². The van der Waals surface area contributed by atoms with Crippen LogP contribution in [-0.4, -0.2) is 15.7 Å². The highest BCUT2D eigenvalue weighted by atomic mass is 35.5. The summed E-state index contributed by atoms with van der Waals surface area (Å²) in [7, 11) is 0. The summed E-state index contributed by atoms with van der Waals surface area (Å²) in [6.07, 6.45) is 0. The molecule has 0 aliphatic carbocycles. The van der Waals surface area contributed by atoms with E-state index in [2.05, 4.69) is 34.7 Å². The highest BCUT2D eigenvalue weighted by molar-refractivity contribution is 6.42. The summed E-state index contributed by atoms with van der Waals surface area (Å²) in [5.41, 5.74) is 3.49. The number of benzene rings is 4. The number of hydrogen-bond acceptors (Lipinski definition) is 2. The van der Waals surface area contributed by atoms with Crippen LogP contribution in [0.5, 0.6) is 0 Å². The highest BCUT2D eigenvalue weighted by Gasteiger charge is 2.17. The van der Waals surface area contributed by atoms with E-state index in [0.29, 0.717) is 21.4 Å². The van der Waals surface area contributed by atoms with Gasteiger partial charge in [0.2, 0.25) is 0 Å². The fourth-order valence-corrected chi connectivity index (χ4v) is 3.88. The number of halogens is 2. The van der Waals surface area contributed by atoms with Gasteiger partial charge in [0.05, 0.1) is 21.4 Å². The summed E-state index contributed by atoms with van der Waals surface area (Å²) in [6.45, 7) is 0. The van der Waals surface area contributed by atoms with E-state index in [1.807, 2.05) is 48.5 Å². The lowest BCUT2D eigenvalue weighted by molar-refractivity contribution is 0.102. The van der Waals surface area contributed by atoms with Gasteiger partial charge < -0.3 is 5.32 Å². The summed E-state index contributed by atoms with van der Waals surface area (Å²) < 4.78 is 1.79. The van der Waals surface area contributed by atoms with Gasteiger partial charge in [0.15, 0.2) is 5.69 Å². The van der Waals surface area contributed by atoms with Crippen molar-refractivity contribution in [3.63, 3.8) is 0 Å². The number of carbonyl (C=O) groups is 1. The van der Waals surface area contributed by atoms with Crippen LogP contribution in [0.15, 0.2) is 97.1 Å². The molecule has 1 amide bonds. The van der Waals surface area contributed by atoms with E-state index in [4.69, 9.17) is 23.2 Å². The van der Waals surface area contributed by atoms with Crippen LogP contribution >= 0.6 is 23.2 Å². The number of para-hydroxylation sites is 1. The number of anilines is 1. The smallest absolute Gasteiger partial charge is 0.276 e. The fraction of sp³-hybridized carbons (Fsp3) is 0. The molecule has 0 aliphatic heterocycles. The van der Waals surface area contributed by atoms with Crippen molar-refractivity contribution < 1.29 is 4.79 Å². The van der Waals surface area contributed by atoms with Crippen LogP contribution < -0.4 is 5.32 Å². The summed E-state index contributed by atoms with van der Waals surface area (Å²) >= 11 is 12.1. The Labute approximate surface area is 195 Å². The predicted octanol–water partition coefficient (Wildman–Crippen LogP) is 7.25. The molecule has 5 rings (SSSR count). The molecule has 0 bridgehead atoms. The molecule has 0 radical (unpaired) electrons. The third-order valence-electron chi connectivity index (χ3n) is 5.17. The number of aromatic nitrogens is 2. The molecule has 4 aromatic carbocycles. The van der Waals surface area contributed by atoms with Crippen LogP contribution in [0.1, 0.15) is 10.5 Å². The first-order valence-corrected chi connectivity index (χ1v) is 10.8. The Bertz CT molecular complexity index is 1440. The second-order valence-corrected chi connectivity index (χ2v) is 8.12. The Morgan fingerprint density at radius 1 is 0.750 bits per heavy atom. The number of rotatable bonds is 4. The van der Waals surface area contributed by atoms with Crippen molar-refractivity contribution in [2.24, 2.45) is 0 Å². The lowest BCUT2D eigenvalue weighted by Crippen LogP contribution is -2.13. The molecular formula is C26H17Cl2N3O. The zero-order chi connectivity index (χ0) is 22.1. The van der Waals surface area contributed by atoms with Gasteiger partial charge in [-0.1, -0.05) is 77.8 Å². The van der Waals surface area contributed by atoms with Crippen molar-refractivity contribution in [1.29, 1.82) is 0 Å². The minimum absolute atomic E-state index is 0.295. The molecule has 0 atom stereocenters. The van der Waals surface area contributed by atoms with Gasteiger partial charge in [-0.25, -0.2) is 4.68 Å². The molecular weight excluding hydrogens is 441 g/mol. The van der Waals surface area contributed by atoms with E-state index >= 15 is 0 Å². The Balaban J connectivity index is 1.57.